The van der Waals surface area contributed by atoms with Crippen molar-refractivity contribution in [3.63, 3.8) is 0 Å². The average Bonchev–Trinajstić information content (AvgIpc) is 2.62. The molecule has 7 heteroatoms. The van der Waals surface area contributed by atoms with Crippen LogP contribution >= 0.6 is 11.6 Å². The Morgan fingerprint density at radius 1 is 1.30 bits per heavy atom. The predicted octanol–water partition coefficient (Wildman–Crippen LogP) is 2.12. The van der Waals surface area contributed by atoms with E-state index in [1.165, 1.54) is 12.1 Å². The third-order valence-corrected chi connectivity index (χ3v) is 3.68. The van der Waals surface area contributed by atoms with Gasteiger partial charge in [0.2, 0.25) is 0 Å². The molecule has 0 saturated carbocycles. The molecule has 0 radical (unpaired) electrons. The first-order valence-corrected chi connectivity index (χ1v) is 6.78. The van der Waals surface area contributed by atoms with Crippen molar-refractivity contribution in [3.8, 4) is 0 Å². The zero-order valence-electron chi connectivity index (χ0n) is 11.2. The fourth-order valence-electron chi connectivity index (χ4n) is 2.34. The van der Waals surface area contributed by atoms with Crippen molar-refractivity contribution in [2.45, 2.75) is 6.42 Å². The average molecular weight is 298 g/mol. The highest BCUT2D eigenvalue weighted by molar-refractivity contribution is 6.68. The number of hydrogen-bond acceptors (Lipinski definition) is 5. The summed E-state index contributed by atoms with van der Waals surface area (Å²) in [5.74, 6) is 0. The van der Waals surface area contributed by atoms with Crippen LogP contribution in [0.25, 0.3) is 0 Å². The Hall–Kier alpha value is -1.66. The van der Waals surface area contributed by atoms with Crippen LogP contribution in [-0.4, -0.2) is 48.3 Å². The standard InChI is InChI=1S/C13H16ClN3O3/c1-15-5-2-6-16(8-7-15)10-3-4-11(13(14)18)12(9-10)17(19)20/h3-4,9H,2,5-8H2,1H3. The van der Waals surface area contributed by atoms with Crippen molar-refractivity contribution in [1.29, 1.82) is 0 Å². The van der Waals surface area contributed by atoms with E-state index in [9.17, 15) is 14.9 Å². The number of nitro benzene ring substituents is 1. The van der Waals surface area contributed by atoms with E-state index >= 15 is 0 Å². The number of carbonyl (C=O) groups excluding carboxylic acids is 1. The number of anilines is 1. The van der Waals surface area contributed by atoms with E-state index in [-0.39, 0.29) is 11.3 Å². The lowest BCUT2D eigenvalue weighted by Gasteiger charge is -2.22. The van der Waals surface area contributed by atoms with Gasteiger partial charge in [-0.25, -0.2) is 0 Å². The SMILES string of the molecule is CN1CCCN(c2ccc(C(=O)Cl)c([N+](=O)[O-])c2)CC1. The molecule has 108 valence electrons. The minimum absolute atomic E-state index is 0.0626. The van der Waals surface area contributed by atoms with Crippen molar-refractivity contribution in [2.24, 2.45) is 0 Å². The third-order valence-electron chi connectivity index (χ3n) is 3.47. The van der Waals surface area contributed by atoms with Crippen molar-refractivity contribution >= 4 is 28.2 Å². The normalized spacial score (nSPS) is 16.8. The van der Waals surface area contributed by atoms with E-state index in [1.54, 1.807) is 6.07 Å². The highest BCUT2D eigenvalue weighted by Crippen LogP contribution is 2.27. The molecule has 0 aliphatic carbocycles. The fourth-order valence-corrected chi connectivity index (χ4v) is 2.50. The van der Waals surface area contributed by atoms with Crippen LogP contribution in [0.4, 0.5) is 11.4 Å². The molecule has 6 nitrogen and oxygen atoms in total. The maximum atomic E-state index is 11.2. The van der Waals surface area contributed by atoms with Gasteiger partial charge in [-0.2, -0.15) is 0 Å². The minimum Gasteiger partial charge on any atom is -0.370 e. The second-order valence-electron chi connectivity index (χ2n) is 4.88. The van der Waals surface area contributed by atoms with Gasteiger partial charge in [0.25, 0.3) is 10.9 Å². The summed E-state index contributed by atoms with van der Waals surface area (Å²) in [5.41, 5.74) is 0.459. The molecular formula is C13H16ClN3O3. The topological polar surface area (TPSA) is 66.7 Å². The number of nitro groups is 1. The van der Waals surface area contributed by atoms with Gasteiger partial charge in [-0.05, 0) is 43.7 Å². The molecule has 20 heavy (non-hydrogen) atoms. The molecule has 1 saturated heterocycles. The van der Waals surface area contributed by atoms with Crippen molar-refractivity contribution < 1.29 is 9.72 Å². The molecular weight excluding hydrogens is 282 g/mol. The number of nitrogens with zero attached hydrogens (tertiary/aromatic N) is 3. The van der Waals surface area contributed by atoms with Crippen molar-refractivity contribution in [3.05, 3.63) is 33.9 Å². The lowest BCUT2D eigenvalue weighted by atomic mass is 10.1. The predicted molar refractivity (Wildman–Crippen MR) is 77.6 cm³/mol. The molecule has 1 aliphatic rings. The number of carbonyl (C=O) groups is 1. The van der Waals surface area contributed by atoms with Gasteiger partial charge in [0.1, 0.15) is 5.56 Å². The van der Waals surface area contributed by atoms with Crippen LogP contribution in [0.15, 0.2) is 18.2 Å². The first kappa shape index (κ1) is 14.7. The van der Waals surface area contributed by atoms with Crippen LogP contribution < -0.4 is 4.90 Å². The number of benzene rings is 1. The minimum atomic E-state index is -0.807. The summed E-state index contributed by atoms with van der Waals surface area (Å²) < 4.78 is 0. The van der Waals surface area contributed by atoms with E-state index in [1.807, 2.05) is 0 Å². The Morgan fingerprint density at radius 2 is 2.05 bits per heavy atom. The molecule has 1 aromatic carbocycles. The molecule has 0 unspecified atom stereocenters. The fraction of sp³-hybridized carbons (Fsp3) is 0.462. The van der Waals surface area contributed by atoms with Gasteiger partial charge in [-0.3, -0.25) is 14.9 Å². The molecule has 0 bridgehead atoms. The molecule has 0 N–H and O–H groups in total. The van der Waals surface area contributed by atoms with Gasteiger partial charge in [0.15, 0.2) is 0 Å². The highest BCUT2D eigenvalue weighted by Gasteiger charge is 2.21. The molecule has 2 rings (SSSR count). The molecule has 0 amide bonds. The molecule has 1 fully saturated rings. The Morgan fingerprint density at radius 3 is 2.70 bits per heavy atom. The van der Waals surface area contributed by atoms with Crippen LogP contribution in [-0.2, 0) is 0 Å². The maximum absolute atomic E-state index is 11.2. The van der Waals surface area contributed by atoms with E-state index in [0.29, 0.717) is 0 Å². The van der Waals surface area contributed by atoms with Gasteiger partial charge >= 0.3 is 0 Å². The zero-order valence-corrected chi connectivity index (χ0v) is 12.0. The highest BCUT2D eigenvalue weighted by atomic mass is 35.5. The Labute approximate surface area is 122 Å². The van der Waals surface area contributed by atoms with Gasteiger partial charge in [-0.1, -0.05) is 0 Å². The summed E-state index contributed by atoms with van der Waals surface area (Å²) in [7, 11) is 2.06. The molecule has 0 atom stereocenters. The molecule has 1 aromatic rings. The van der Waals surface area contributed by atoms with Gasteiger partial charge in [0.05, 0.1) is 4.92 Å². The molecule has 0 aromatic heterocycles. The van der Waals surface area contributed by atoms with E-state index in [2.05, 4.69) is 16.8 Å². The van der Waals surface area contributed by atoms with Gasteiger partial charge < -0.3 is 9.80 Å². The van der Waals surface area contributed by atoms with Gasteiger partial charge in [0, 0.05) is 31.4 Å². The quantitative estimate of drug-likeness (QED) is 0.486. The lowest BCUT2D eigenvalue weighted by molar-refractivity contribution is -0.385. The molecule has 1 heterocycles. The molecule has 0 spiro atoms. The second kappa shape index (κ2) is 6.19. The zero-order chi connectivity index (χ0) is 14.7. The first-order chi connectivity index (χ1) is 9.49. The monoisotopic (exact) mass is 297 g/mol. The van der Waals surface area contributed by atoms with E-state index in [0.717, 1.165) is 38.3 Å². The smallest absolute Gasteiger partial charge is 0.283 e. The van der Waals surface area contributed by atoms with Gasteiger partial charge in [-0.15, -0.1) is 0 Å². The van der Waals surface area contributed by atoms with Crippen LogP contribution in [0.2, 0.25) is 0 Å². The lowest BCUT2D eigenvalue weighted by Crippen LogP contribution is -2.28. The summed E-state index contributed by atoms with van der Waals surface area (Å²) >= 11 is 5.37. The van der Waals surface area contributed by atoms with Crippen molar-refractivity contribution in [2.75, 3.05) is 38.1 Å². The van der Waals surface area contributed by atoms with E-state index in [4.69, 9.17) is 11.6 Å². The summed E-state index contributed by atoms with van der Waals surface area (Å²) in [5, 5.41) is 10.2. The Bertz CT molecular complexity index is 536. The number of halogens is 1. The van der Waals surface area contributed by atoms with Crippen LogP contribution in [0.3, 0.4) is 0 Å². The summed E-state index contributed by atoms with van der Waals surface area (Å²) in [6, 6.07) is 4.58. The van der Waals surface area contributed by atoms with Crippen molar-refractivity contribution in [1.82, 2.24) is 4.90 Å². The summed E-state index contributed by atoms with van der Waals surface area (Å²) in [6.45, 7) is 3.57. The maximum Gasteiger partial charge on any atom is 0.283 e. The van der Waals surface area contributed by atoms with E-state index < -0.39 is 10.2 Å². The number of likely N-dealkylation sites (N-methyl/N-ethyl adjacent to an activating group) is 1. The van der Waals surface area contributed by atoms with Crippen LogP contribution in [0.1, 0.15) is 16.8 Å². The number of rotatable bonds is 3. The van der Waals surface area contributed by atoms with Crippen LogP contribution in [0.5, 0.6) is 0 Å². The Kier molecular flexibility index (Phi) is 4.57. The second-order valence-corrected chi connectivity index (χ2v) is 5.22. The first-order valence-electron chi connectivity index (χ1n) is 6.41. The summed E-state index contributed by atoms with van der Waals surface area (Å²) in [4.78, 5) is 26.0. The van der Waals surface area contributed by atoms with Crippen LogP contribution in [0, 0.1) is 10.1 Å². The summed E-state index contributed by atoms with van der Waals surface area (Å²) in [6.07, 6.45) is 1.00. The Balaban J connectivity index is 2.31. The third kappa shape index (κ3) is 3.26. The molecule has 1 aliphatic heterocycles. The largest absolute Gasteiger partial charge is 0.370 e. The number of hydrogen-bond donors (Lipinski definition) is 0.